The van der Waals surface area contributed by atoms with Crippen molar-refractivity contribution in [2.75, 3.05) is 18.6 Å². The Morgan fingerprint density at radius 3 is 2.52 bits per heavy atom. The van der Waals surface area contributed by atoms with E-state index in [1.165, 1.54) is 19.3 Å². The summed E-state index contributed by atoms with van der Waals surface area (Å²) in [4.78, 5) is 38.8. The third-order valence-corrected chi connectivity index (χ3v) is 5.04. The summed E-state index contributed by atoms with van der Waals surface area (Å²) >= 11 is 6.30. The minimum absolute atomic E-state index is 0.212. The molecule has 0 radical (unpaired) electrons. The lowest BCUT2D eigenvalue weighted by Gasteiger charge is -2.27. The normalized spacial score (nSPS) is 15.2. The summed E-state index contributed by atoms with van der Waals surface area (Å²) in [5.41, 5.74) is 2.51. The smallest absolute Gasteiger partial charge is 0.335 e. The molecule has 1 heterocycles. The van der Waals surface area contributed by atoms with Crippen LogP contribution in [-0.4, -0.2) is 31.6 Å². The van der Waals surface area contributed by atoms with Crippen molar-refractivity contribution < 1.29 is 23.9 Å². The zero-order valence-electron chi connectivity index (χ0n) is 17.3. The predicted octanol–water partition coefficient (Wildman–Crippen LogP) is 4.20. The van der Waals surface area contributed by atoms with E-state index in [1.807, 2.05) is 13.8 Å². The van der Waals surface area contributed by atoms with E-state index in [-0.39, 0.29) is 17.2 Å². The number of hydrogen-bond acceptors (Lipinski definition) is 5. The number of barbiturate groups is 1. The Balaban J connectivity index is 2.02. The number of halogens is 1. The van der Waals surface area contributed by atoms with Gasteiger partial charge in [-0.3, -0.25) is 14.9 Å². The summed E-state index contributed by atoms with van der Waals surface area (Å²) in [5, 5.41) is 2.44. The molecule has 0 atom stereocenters. The van der Waals surface area contributed by atoms with Gasteiger partial charge in [0.1, 0.15) is 12.2 Å². The molecule has 1 N–H and O–H groups in total. The molecule has 31 heavy (non-hydrogen) atoms. The first-order chi connectivity index (χ1) is 14.8. The standard InChI is InChI=1S/C23H21ClN2O5/c1-5-8-31-20-18(24)11-15(12-19(20)30-4)10-17-21(27)25-23(29)26(22(17)28)16-7-6-13(2)14(3)9-16/h5-7,9-12H,1,8H2,2-4H3,(H,25,27,29)/b17-10+. The number of ether oxygens (including phenoxy) is 2. The molecular formula is C23H21ClN2O5. The van der Waals surface area contributed by atoms with E-state index in [0.717, 1.165) is 16.0 Å². The number of hydrogen-bond donors (Lipinski definition) is 1. The largest absolute Gasteiger partial charge is 0.493 e. The minimum atomic E-state index is -0.806. The number of nitrogens with zero attached hydrogens (tertiary/aromatic N) is 1. The first kappa shape index (κ1) is 22.1. The fourth-order valence-electron chi connectivity index (χ4n) is 3.03. The molecule has 8 heteroatoms. The molecule has 7 nitrogen and oxygen atoms in total. The van der Waals surface area contributed by atoms with Gasteiger partial charge in [0, 0.05) is 0 Å². The molecule has 2 aromatic carbocycles. The molecular weight excluding hydrogens is 420 g/mol. The number of benzene rings is 2. The van der Waals surface area contributed by atoms with Crippen molar-refractivity contribution in [1.82, 2.24) is 5.32 Å². The number of amides is 4. The van der Waals surface area contributed by atoms with Crippen LogP contribution in [0.25, 0.3) is 6.08 Å². The van der Waals surface area contributed by atoms with Crippen LogP contribution >= 0.6 is 11.6 Å². The third kappa shape index (κ3) is 4.46. The monoisotopic (exact) mass is 440 g/mol. The van der Waals surface area contributed by atoms with Crippen LogP contribution in [0.3, 0.4) is 0 Å². The van der Waals surface area contributed by atoms with Crippen molar-refractivity contribution in [2.24, 2.45) is 0 Å². The fraction of sp³-hybridized carbons (Fsp3) is 0.174. The minimum Gasteiger partial charge on any atom is -0.493 e. The highest BCUT2D eigenvalue weighted by atomic mass is 35.5. The summed E-state index contributed by atoms with van der Waals surface area (Å²) in [6.07, 6.45) is 2.92. The Bertz CT molecular complexity index is 1120. The summed E-state index contributed by atoms with van der Waals surface area (Å²) < 4.78 is 10.8. The molecule has 0 unspecified atom stereocenters. The molecule has 0 aromatic heterocycles. The molecule has 3 rings (SSSR count). The Labute approximate surface area is 184 Å². The van der Waals surface area contributed by atoms with Crippen molar-refractivity contribution in [3.05, 3.63) is 70.3 Å². The van der Waals surface area contributed by atoms with Gasteiger partial charge in [-0.1, -0.05) is 30.3 Å². The Kier molecular flexibility index (Phi) is 6.46. The Hall–Kier alpha value is -3.58. The van der Waals surface area contributed by atoms with Crippen LogP contribution in [0.4, 0.5) is 10.5 Å². The average molecular weight is 441 g/mol. The number of carbonyl (C=O) groups excluding carboxylic acids is 3. The van der Waals surface area contributed by atoms with Gasteiger partial charge < -0.3 is 9.47 Å². The zero-order valence-corrected chi connectivity index (χ0v) is 18.1. The maximum Gasteiger partial charge on any atom is 0.335 e. The first-order valence-corrected chi connectivity index (χ1v) is 9.74. The van der Waals surface area contributed by atoms with Crippen molar-refractivity contribution in [3.63, 3.8) is 0 Å². The van der Waals surface area contributed by atoms with Crippen LogP contribution in [0.5, 0.6) is 11.5 Å². The van der Waals surface area contributed by atoms with Crippen LogP contribution in [0.15, 0.2) is 48.6 Å². The van der Waals surface area contributed by atoms with Gasteiger partial charge in [0.15, 0.2) is 11.5 Å². The number of anilines is 1. The molecule has 0 bridgehead atoms. The van der Waals surface area contributed by atoms with Crippen LogP contribution in [0.2, 0.25) is 5.02 Å². The van der Waals surface area contributed by atoms with Crippen molar-refractivity contribution in [2.45, 2.75) is 13.8 Å². The van der Waals surface area contributed by atoms with Gasteiger partial charge in [-0.15, -0.1) is 0 Å². The van der Waals surface area contributed by atoms with E-state index in [1.54, 1.807) is 30.3 Å². The number of nitrogens with one attached hydrogen (secondary N) is 1. The lowest BCUT2D eigenvalue weighted by molar-refractivity contribution is -0.122. The molecule has 0 aliphatic carbocycles. The van der Waals surface area contributed by atoms with E-state index in [0.29, 0.717) is 22.7 Å². The molecule has 160 valence electrons. The average Bonchev–Trinajstić information content (AvgIpc) is 2.72. The van der Waals surface area contributed by atoms with E-state index < -0.39 is 17.8 Å². The highest BCUT2D eigenvalue weighted by Crippen LogP contribution is 2.37. The second-order valence-corrected chi connectivity index (χ2v) is 7.27. The van der Waals surface area contributed by atoms with Gasteiger partial charge in [-0.2, -0.15) is 0 Å². The number of aryl methyl sites for hydroxylation is 2. The second kappa shape index (κ2) is 9.06. The van der Waals surface area contributed by atoms with E-state index in [4.69, 9.17) is 21.1 Å². The number of imide groups is 2. The Morgan fingerprint density at radius 1 is 1.13 bits per heavy atom. The van der Waals surface area contributed by atoms with Gasteiger partial charge in [-0.25, -0.2) is 9.69 Å². The topological polar surface area (TPSA) is 84.9 Å². The molecule has 4 amide bonds. The number of rotatable bonds is 6. The highest BCUT2D eigenvalue weighted by Gasteiger charge is 2.37. The second-order valence-electron chi connectivity index (χ2n) is 6.86. The maximum absolute atomic E-state index is 13.1. The van der Waals surface area contributed by atoms with Crippen LogP contribution in [-0.2, 0) is 9.59 Å². The molecule has 1 saturated heterocycles. The first-order valence-electron chi connectivity index (χ1n) is 9.36. The molecule has 0 saturated carbocycles. The predicted molar refractivity (Wildman–Crippen MR) is 119 cm³/mol. The van der Waals surface area contributed by atoms with Gasteiger partial charge >= 0.3 is 6.03 Å². The summed E-state index contributed by atoms with van der Waals surface area (Å²) in [5.74, 6) is -0.888. The van der Waals surface area contributed by atoms with Crippen molar-refractivity contribution >= 4 is 41.2 Å². The van der Waals surface area contributed by atoms with Crippen molar-refractivity contribution in [3.8, 4) is 11.5 Å². The quantitative estimate of drug-likeness (QED) is 0.413. The fourth-order valence-corrected chi connectivity index (χ4v) is 3.30. The lowest BCUT2D eigenvalue weighted by Crippen LogP contribution is -2.54. The van der Waals surface area contributed by atoms with Gasteiger partial charge in [0.25, 0.3) is 11.8 Å². The van der Waals surface area contributed by atoms with Crippen molar-refractivity contribution in [1.29, 1.82) is 0 Å². The molecule has 0 spiro atoms. The molecule has 1 aliphatic heterocycles. The summed E-state index contributed by atoms with van der Waals surface area (Å²) in [6.45, 7) is 7.61. The van der Waals surface area contributed by atoms with E-state index in [2.05, 4.69) is 11.9 Å². The summed E-state index contributed by atoms with van der Waals surface area (Å²) in [7, 11) is 1.45. The molecule has 2 aromatic rings. The van der Waals surface area contributed by atoms with Crippen LogP contribution in [0, 0.1) is 13.8 Å². The van der Waals surface area contributed by atoms with Gasteiger partial charge in [0.05, 0.1) is 17.8 Å². The maximum atomic E-state index is 13.1. The van der Waals surface area contributed by atoms with Crippen LogP contribution < -0.4 is 19.7 Å². The third-order valence-electron chi connectivity index (χ3n) is 4.76. The number of urea groups is 1. The molecule has 1 fully saturated rings. The van der Waals surface area contributed by atoms with E-state index >= 15 is 0 Å². The van der Waals surface area contributed by atoms with E-state index in [9.17, 15) is 14.4 Å². The highest BCUT2D eigenvalue weighted by molar-refractivity contribution is 6.39. The summed E-state index contributed by atoms with van der Waals surface area (Å²) in [6, 6.07) is 7.48. The van der Waals surface area contributed by atoms with Gasteiger partial charge in [0.2, 0.25) is 0 Å². The molecule has 1 aliphatic rings. The zero-order chi connectivity index (χ0) is 22.7. The SMILES string of the molecule is C=CCOc1c(Cl)cc(/C=C2\C(=O)NC(=O)N(c3ccc(C)c(C)c3)C2=O)cc1OC. The van der Waals surface area contributed by atoms with Gasteiger partial charge in [-0.05, 0) is 60.9 Å². The lowest BCUT2D eigenvalue weighted by atomic mass is 10.0. The van der Waals surface area contributed by atoms with Crippen LogP contribution in [0.1, 0.15) is 16.7 Å². The number of methoxy groups -OCH3 is 1. The number of carbonyl (C=O) groups is 3. The Morgan fingerprint density at radius 2 is 1.87 bits per heavy atom.